The average molecular weight is 1240 g/mol. The second-order valence-corrected chi connectivity index (χ2v) is 28.4. The summed E-state index contributed by atoms with van der Waals surface area (Å²) in [6.07, 6.45) is 13.4. The first-order chi connectivity index (χ1) is 43.1. The molecule has 3 N–H and O–H groups in total. The van der Waals surface area contributed by atoms with Crippen LogP contribution in [0.3, 0.4) is 0 Å². The molecule has 0 amide bonds. The molecule has 10 aliphatic rings. The van der Waals surface area contributed by atoms with Gasteiger partial charge in [-0.1, -0.05) is 25.5 Å². The van der Waals surface area contributed by atoms with E-state index < -0.39 is 76.1 Å². The van der Waals surface area contributed by atoms with E-state index in [0.717, 1.165) is 69.9 Å². The van der Waals surface area contributed by atoms with Crippen molar-refractivity contribution in [1.82, 2.24) is 19.4 Å². The molecular formula is C69H84F2N6O13. The Bertz CT molecular complexity index is 3910. The Balaban J connectivity index is 0.681. The standard InChI is InChI=1S/C69H84F2N6O13/c1-34-50-57(63(86-7)59(55(34)70)74-27-38-11-9-23-72-46(38)29-74)76(41-14-15-41)36(3)52(61(50)81)65(83)89-32-73-24-10-12-39-28-75(30-47(39)73)60-56(71)35(2)51-58(64(60)87-8)77(42-16-17-42)37(4)53(62(51)82)66(84)90-33-88-31-49(80)69(85)22-20-45-44-18-13-40-25-43(78)19-21-67(40,5)54(44)48(79)26-68(45,69)6/h19,21,25,38-39,41-42,44-48,54,72,79,85H,9-18,20,22-24,26-33H2,1-8H3/t38?,39?,44-,45-,46?,47?,48-,54+,67-,68-,69-/m0/s1. The quantitative estimate of drug-likeness (QED) is 0.0581. The van der Waals surface area contributed by atoms with E-state index in [9.17, 15) is 39.0 Å². The number of halogens is 2. The normalized spacial score (nSPS) is 31.3. The average Bonchev–Trinajstić information content (AvgIpc) is 1.34. The molecule has 4 aromatic rings. The number of likely N-dealkylation sites (tertiary alicyclic amines) is 1. The van der Waals surface area contributed by atoms with Crippen LogP contribution in [0.2, 0.25) is 0 Å². The fraction of sp³-hybridized carbons (Fsp3) is 0.623. The Morgan fingerprint density at radius 3 is 1.93 bits per heavy atom. The Morgan fingerprint density at radius 1 is 0.744 bits per heavy atom. The maximum Gasteiger partial charge on any atom is 0.346 e. The van der Waals surface area contributed by atoms with Crippen molar-refractivity contribution >= 4 is 56.7 Å². The molecule has 0 radical (unpaired) electrons. The lowest BCUT2D eigenvalue weighted by molar-refractivity contribution is -0.181. The summed E-state index contributed by atoms with van der Waals surface area (Å²) < 4.78 is 68.0. The van der Waals surface area contributed by atoms with Crippen LogP contribution in [-0.2, 0) is 23.8 Å². The van der Waals surface area contributed by atoms with Crippen molar-refractivity contribution in [1.29, 1.82) is 0 Å². The van der Waals surface area contributed by atoms with Crippen LogP contribution >= 0.6 is 0 Å². The number of aromatic nitrogens is 2. The van der Waals surface area contributed by atoms with E-state index in [1.165, 1.54) is 21.1 Å². The van der Waals surface area contributed by atoms with Crippen LogP contribution in [0.5, 0.6) is 11.5 Å². The van der Waals surface area contributed by atoms with Gasteiger partial charge < -0.3 is 58.1 Å². The SMILES string of the molecule is COc1c(N2CC3CCCNC3C2)c(F)c(C)c2c(=O)c(C(=O)OCN3CCCC4CN(c5c(F)c(C)c6c(=O)c(C(=O)OCOCC(=O)[C@@]7(O)CC[C@H]8[C@@H]9CCC%10=CC(=O)C=C[C@]%10(C)[C@H]9[C@@H](O)C[C@@]87C)c(C)n(C7CC7)c6c5OC)CC43)c(C)n(C3CC3)c12. The zero-order valence-electron chi connectivity index (χ0n) is 52.9. The summed E-state index contributed by atoms with van der Waals surface area (Å²) in [4.78, 5) is 90.8. The minimum atomic E-state index is -1.83. The molecule has 482 valence electrons. The zero-order chi connectivity index (χ0) is 63.4. The van der Waals surface area contributed by atoms with Crippen LogP contribution in [0.4, 0.5) is 20.2 Å². The number of fused-ring (bicyclic) bond motifs is 9. The molecular weight excluding hydrogens is 1160 g/mol. The smallest absolute Gasteiger partial charge is 0.346 e. The van der Waals surface area contributed by atoms with Crippen molar-refractivity contribution in [2.45, 2.75) is 161 Å². The summed E-state index contributed by atoms with van der Waals surface area (Å²) in [5.41, 5.74) is -1.82. The molecule has 21 heteroatoms. The number of nitrogens with one attached hydrogen (secondary N) is 1. The first-order valence-electron chi connectivity index (χ1n) is 32.7. The molecule has 4 unspecified atom stereocenters. The number of nitrogens with zero attached hydrogens (tertiary/aromatic N) is 5. The van der Waals surface area contributed by atoms with E-state index in [4.69, 9.17) is 23.7 Å². The number of aliphatic hydroxyl groups excluding tert-OH is 1. The number of benzene rings is 2. The lowest BCUT2D eigenvalue weighted by Gasteiger charge is -2.59. The molecule has 11 atom stereocenters. The summed E-state index contributed by atoms with van der Waals surface area (Å²) in [6.45, 7) is 12.5. The van der Waals surface area contributed by atoms with Gasteiger partial charge in [-0.15, -0.1) is 0 Å². The largest absolute Gasteiger partial charge is 0.492 e. The Labute approximate surface area is 521 Å². The number of hydrogen-bond donors (Lipinski definition) is 3. The lowest BCUT2D eigenvalue weighted by atomic mass is 9.46. The van der Waals surface area contributed by atoms with Crippen LogP contribution < -0.4 is 35.4 Å². The van der Waals surface area contributed by atoms with E-state index in [2.05, 4.69) is 17.1 Å². The van der Waals surface area contributed by atoms with Gasteiger partial charge in [0.1, 0.15) is 41.4 Å². The Morgan fingerprint density at radius 2 is 1.33 bits per heavy atom. The Kier molecular flexibility index (Phi) is 15.2. The zero-order valence-corrected chi connectivity index (χ0v) is 52.9. The van der Waals surface area contributed by atoms with Crippen LogP contribution in [0.15, 0.2) is 33.4 Å². The molecule has 9 fully saturated rings. The molecule has 0 spiro atoms. The number of piperidine rings is 2. The third-order valence-corrected chi connectivity index (χ3v) is 23.7. The van der Waals surface area contributed by atoms with Gasteiger partial charge in [-0.25, -0.2) is 18.4 Å². The number of methoxy groups -OCH3 is 2. The molecule has 6 heterocycles. The van der Waals surface area contributed by atoms with Crippen molar-refractivity contribution in [2.24, 2.45) is 40.4 Å². The van der Waals surface area contributed by atoms with Crippen molar-refractivity contribution < 1.29 is 61.9 Å². The van der Waals surface area contributed by atoms with Gasteiger partial charge in [-0.05, 0) is 154 Å². The van der Waals surface area contributed by atoms with Crippen molar-refractivity contribution in [3.63, 3.8) is 0 Å². The number of esters is 2. The molecule has 6 aliphatic carbocycles. The monoisotopic (exact) mass is 1240 g/mol. The number of aliphatic hydroxyl groups is 2. The number of rotatable bonds is 15. The molecule has 90 heavy (non-hydrogen) atoms. The van der Waals surface area contributed by atoms with E-state index in [1.807, 2.05) is 31.9 Å². The van der Waals surface area contributed by atoms with Gasteiger partial charge in [-0.2, -0.15) is 0 Å². The maximum atomic E-state index is 17.5. The number of Topliss-reactive ketones (excluding diaryl/α,β-unsaturated/α-hetero) is 1. The fourth-order valence-electron chi connectivity index (χ4n) is 19.0. The number of ether oxygens (including phenoxy) is 5. The first kappa shape index (κ1) is 61.0. The third-order valence-electron chi connectivity index (χ3n) is 23.7. The van der Waals surface area contributed by atoms with Gasteiger partial charge in [0.05, 0.1) is 42.1 Å². The van der Waals surface area contributed by atoms with Gasteiger partial charge in [0.15, 0.2) is 41.5 Å². The van der Waals surface area contributed by atoms with E-state index in [1.54, 1.807) is 32.9 Å². The van der Waals surface area contributed by atoms with E-state index >= 15 is 8.78 Å². The molecule has 2 aromatic heterocycles. The molecule has 19 nitrogen and oxygen atoms in total. The number of anilines is 2. The molecule has 0 bridgehead atoms. The number of ketones is 2. The second-order valence-electron chi connectivity index (χ2n) is 28.4. The lowest BCUT2D eigenvalue weighted by Crippen LogP contribution is -2.61. The summed E-state index contributed by atoms with van der Waals surface area (Å²) in [7, 11) is 2.94. The fourth-order valence-corrected chi connectivity index (χ4v) is 19.0. The predicted molar refractivity (Wildman–Crippen MR) is 332 cm³/mol. The third kappa shape index (κ3) is 9.20. The van der Waals surface area contributed by atoms with Crippen molar-refractivity contribution in [2.75, 3.05) is 83.4 Å². The number of aryl methyl sites for hydroxylation is 2. The highest BCUT2D eigenvalue weighted by Gasteiger charge is 2.68. The van der Waals surface area contributed by atoms with Crippen LogP contribution in [0, 0.1) is 79.7 Å². The van der Waals surface area contributed by atoms with Crippen LogP contribution in [-0.4, -0.2) is 145 Å². The highest BCUT2D eigenvalue weighted by atomic mass is 19.1. The van der Waals surface area contributed by atoms with Gasteiger partial charge in [0.25, 0.3) is 0 Å². The number of allylic oxidation sites excluding steroid dienone is 4. The summed E-state index contributed by atoms with van der Waals surface area (Å²) >= 11 is 0. The highest BCUT2D eigenvalue weighted by molar-refractivity contribution is 6.03. The minimum Gasteiger partial charge on any atom is -0.492 e. The highest BCUT2D eigenvalue weighted by Crippen LogP contribution is 2.67. The maximum absolute atomic E-state index is 17.5. The molecule has 5 saturated carbocycles. The molecule has 2 aromatic carbocycles. The van der Waals surface area contributed by atoms with Crippen molar-refractivity contribution in [3.8, 4) is 11.5 Å². The van der Waals surface area contributed by atoms with Gasteiger partial charge >= 0.3 is 11.9 Å². The second kappa shape index (κ2) is 22.4. The number of hydrogen-bond acceptors (Lipinski definition) is 17. The number of pyridine rings is 2. The van der Waals surface area contributed by atoms with Crippen LogP contribution in [0.25, 0.3) is 21.8 Å². The van der Waals surface area contributed by atoms with Crippen molar-refractivity contribution in [3.05, 3.63) is 89.5 Å². The summed E-state index contributed by atoms with van der Waals surface area (Å²) in [5.74, 6) is -3.12. The predicted octanol–water partition coefficient (Wildman–Crippen LogP) is 8.13. The summed E-state index contributed by atoms with van der Waals surface area (Å²) in [6, 6.07) is -0.138. The molecule has 4 saturated heterocycles. The topological polar surface area (TPSA) is 221 Å². The summed E-state index contributed by atoms with van der Waals surface area (Å²) in [5, 5.41) is 27.8. The van der Waals surface area contributed by atoms with E-state index in [-0.39, 0.29) is 118 Å². The van der Waals surface area contributed by atoms with Gasteiger partial charge in [0.2, 0.25) is 10.9 Å². The molecule has 4 aliphatic heterocycles. The Hall–Kier alpha value is -6.52. The number of carbonyl (C=O) groups is 4. The molecule has 14 rings (SSSR count). The van der Waals surface area contributed by atoms with Crippen LogP contribution in [0.1, 0.15) is 153 Å². The van der Waals surface area contributed by atoms with Gasteiger partial charge in [0, 0.05) is 96.2 Å². The minimum absolute atomic E-state index is 0.00504. The first-order valence-corrected chi connectivity index (χ1v) is 32.7. The van der Waals surface area contributed by atoms with Gasteiger partial charge in [-0.3, -0.25) is 24.1 Å². The van der Waals surface area contributed by atoms with E-state index in [0.29, 0.717) is 85.3 Å². The number of carbonyl (C=O) groups excluding carboxylic acids is 4.